The predicted octanol–water partition coefficient (Wildman–Crippen LogP) is 3.18. The third-order valence-corrected chi connectivity index (χ3v) is 2.68. The van der Waals surface area contributed by atoms with Gasteiger partial charge >= 0.3 is 0 Å². The maximum Gasteiger partial charge on any atom is 0.135 e. The van der Waals surface area contributed by atoms with E-state index in [4.69, 9.17) is 0 Å². The van der Waals surface area contributed by atoms with E-state index in [-0.39, 0.29) is 0 Å². The molecule has 0 N–H and O–H groups in total. The van der Waals surface area contributed by atoms with E-state index in [2.05, 4.69) is 20.8 Å². The van der Waals surface area contributed by atoms with E-state index < -0.39 is 0 Å². The quantitative estimate of drug-likeness (QED) is 0.632. The average Bonchev–Trinajstić information content (AvgIpc) is 1.78. The summed E-state index contributed by atoms with van der Waals surface area (Å²) in [7, 11) is 0. The molecule has 1 rings (SSSR count). The molecule has 1 aliphatic rings. The second kappa shape index (κ2) is 3.59. The van der Waals surface area contributed by atoms with Crippen molar-refractivity contribution >= 4 is 5.78 Å². The van der Waals surface area contributed by atoms with Crippen molar-refractivity contribution in [1.29, 1.82) is 0 Å². The molecule has 1 fully saturated rings. The van der Waals surface area contributed by atoms with Crippen LogP contribution in [0.4, 0.5) is 0 Å². The Labute approximate surface area is 75.5 Å². The van der Waals surface area contributed by atoms with Crippen LogP contribution in [0.3, 0.4) is 0 Å². The van der Waals surface area contributed by atoms with Crippen molar-refractivity contribution in [2.75, 3.05) is 0 Å². The molecule has 0 aliphatic heterocycles. The van der Waals surface area contributed by atoms with Crippen LogP contribution in [0, 0.1) is 11.3 Å². The molecule has 0 saturated heterocycles. The lowest BCUT2D eigenvalue weighted by Crippen LogP contribution is -2.23. The zero-order chi connectivity index (χ0) is 9.19. The highest BCUT2D eigenvalue weighted by Gasteiger charge is 2.25. The molecule has 0 atom stereocenters. The number of rotatable bonds is 3. The minimum atomic E-state index is 0.319. The van der Waals surface area contributed by atoms with Gasteiger partial charge in [0.2, 0.25) is 0 Å². The molecule has 0 bridgehead atoms. The number of hydrogen-bond donors (Lipinski definition) is 0. The van der Waals surface area contributed by atoms with Crippen molar-refractivity contribution in [3.8, 4) is 0 Å². The SMILES string of the molecule is CC(C)(C)CCC(=O)C1CCC1. The van der Waals surface area contributed by atoms with E-state index >= 15 is 0 Å². The third kappa shape index (κ3) is 2.96. The van der Waals surface area contributed by atoms with Gasteiger partial charge in [-0.05, 0) is 24.7 Å². The van der Waals surface area contributed by atoms with E-state index in [1.165, 1.54) is 6.42 Å². The minimum absolute atomic E-state index is 0.319. The molecule has 0 aromatic heterocycles. The summed E-state index contributed by atoms with van der Waals surface area (Å²) in [6, 6.07) is 0. The Morgan fingerprint density at radius 3 is 2.25 bits per heavy atom. The van der Waals surface area contributed by atoms with Crippen LogP contribution in [0.25, 0.3) is 0 Å². The highest BCUT2D eigenvalue weighted by Crippen LogP contribution is 2.30. The summed E-state index contributed by atoms with van der Waals surface area (Å²) in [5, 5.41) is 0. The summed E-state index contributed by atoms with van der Waals surface area (Å²) < 4.78 is 0. The van der Waals surface area contributed by atoms with Crippen molar-refractivity contribution in [3.05, 3.63) is 0 Å². The molecule has 0 radical (unpaired) electrons. The molecular formula is C11H20O. The second-order valence-corrected chi connectivity index (χ2v) is 5.15. The van der Waals surface area contributed by atoms with Crippen LogP contribution in [-0.4, -0.2) is 5.78 Å². The molecule has 1 nitrogen and oxygen atoms in total. The molecule has 0 aromatic rings. The lowest BCUT2D eigenvalue weighted by Gasteiger charge is -2.25. The first-order valence-electron chi connectivity index (χ1n) is 5.02. The van der Waals surface area contributed by atoms with E-state index in [9.17, 15) is 4.79 Å². The number of hydrogen-bond acceptors (Lipinski definition) is 1. The Morgan fingerprint density at radius 1 is 1.33 bits per heavy atom. The van der Waals surface area contributed by atoms with Crippen LogP contribution in [0.15, 0.2) is 0 Å². The van der Waals surface area contributed by atoms with Crippen molar-refractivity contribution in [2.24, 2.45) is 11.3 Å². The maximum atomic E-state index is 11.5. The maximum absolute atomic E-state index is 11.5. The van der Waals surface area contributed by atoms with Crippen molar-refractivity contribution in [2.45, 2.75) is 52.9 Å². The normalized spacial score (nSPS) is 18.9. The summed E-state index contributed by atoms with van der Waals surface area (Å²) in [6.45, 7) is 6.59. The van der Waals surface area contributed by atoms with Crippen LogP contribution in [0.1, 0.15) is 52.9 Å². The fraction of sp³-hybridized carbons (Fsp3) is 0.909. The average molecular weight is 168 g/mol. The highest BCUT2D eigenvalue weighted by atomic mass is 16.1. The summed E-state index contributed by atoms with van der Waals surface area (Å²) in [4.78, 5) is 11.5. The molecule has 70 valence electrons. The van der Waals surface area contributed by atoms with E-state index in [0.717, 1.165) is 25.7 Å². The van der Waals surface area contributed by atoms with Gasteiger partial charge in [0.15, 0.2) is 0 Å². The highest BCUT2D eigenvalue weighted by molar-refractivity contribution is 5.81. The number of Topliss-reactive ketones (excluding diaryl/α,β-unsaturated/α-hetero) is 1. The summed E-state index contributed by atoms with van der Waals surface area (Å²) in [5.41, 5.74) is 0.319. The van der Waals surface area contributed by atoms with Gasteiger partial charge < -0.3 is 0 Å². The van der Waals surface area contributed by atoms with Crippen LogP contribution >= 0.6 is 0 Å². The Kier molecular flexibility index (Phi) is 2.92. The fourth-order valence-electron chi connectivity index (χ4n) is 1.43. The van der Waals surface area contributed by atoms with Crippen LogP contribution in [0.5, 0.6) is 0 Å². The Morgan fingerprint density at radius 2 is 1.92 bits per heavy atom. The first-order chi connectivity index (χ1) is 5.49. The molecule has 0 spiro atoms. The first-order valence-corrected chi connectivity index (χ1v) is 5.02. The predicted molar refractivity (Wildman–Crippen MR) is 51.0 cm³/mol. The van der Waals surface area contributed by atoms with Gasteiger partial charge in [-0.1, -0.05) is 27.2 Å². The van der Waals surface area contributed by atoms with Gasteiger partial charge in [-0.15, -0.1) is 0 Å². The first kappa shape index (κ1) is 9.76. The number of ketones is 1. The van der Waals surface area contributed by atoms with Crippen molar-refractivity contribution < 1.29 is 4.79 Å². The molecule has 1 saturated carbocycles. The van der Waals surface area contributed by atoms with E-state index in [1.54, 1.807) is 0 Å². The molecule has 0 amide bonds. The Bertz CT molecular complexity index is 160. The number of carbonyl (C=O) groups is 1. The van der Waals surface area contributed by atoms with Crippen LogP contribution in [0.2, 0.25) is 0 Å². The molecule has 0 aromatic carbocycles. The lowest BCUT2D eigenvalue weighted by molar-refractivity contribution is -0.125. The smallest absolute Gasteiger partial charge is 0.135 e. The van der Waals surface area contributed by atoms with Crippen LogP contribution in [-0.2, 0) is 4.79 Å². The summed E-state index contributed by atoms with van der Waals surface area (Å²) in [5.74, 6) is 0.948. The minimum Gasteiger partial charge on any atom is -0.299 e. The van der Waals surface area contributed by atoms with Gasteiger partial charge in [0, 0.05) is 12.3 Å². The molecule has 1 aliphatic carbocycles. The topological polar surface area (TPSA) is 17.1 Å². The molecular weight excluding hydrogens is 148 g/mol. The van der Waals surface area contributed by atoms with Gasteiger partial charge in [-0.3, -0.25) is 4.79 Å². The zero-order valence-corrected chi connectivity index (χ0v) is 8.52. The van der Waals surface area contributed by atoms with Gasteiger partial charge in [-0.25, -0.2) is 0 Å². The third-order valence-electron chi connectivity index (χ3n) is 2.68. The van der Waals surface area contributed by atoms with Gasteiger partial charge in [0.05, 0.1) is 0 Å². The van der Waals surface area contributed by atoms with Crippen molar-refractivity contribution in [3.63, 3.8) is 0 Å². The number of carbonyl (C=O) groups excluding carboxylic acids is 1. The van der Waals surface area contributed by atoms with Gasteiger partial charge in [-0.2, -0.15) is 0 Å². The summed E-state index contributed by atoms with van der Waals surface area (Å²) >= 11 is 0. The molecule has 0 unspecified atom stereocenters. The van der Waals surface area contributed by atoms with Gasteiger partial charge in [0.25, 0.3) is 0 Å². The fourth-order valence-corrected chi connectivity index (χ4v) is 1.43. The monoisotopic (exact) mass is 168 g/mol. The van der Waals surface area contributed by atoms with E-state index in [0.29, 0.717) is 17.1 Å². The van der Waals surface area contributed by atoms with Crippen LogP contribution < -0.4 is 0 Å². The van der Waals surface area contributed by atoms with Gasteiger partial charge in [0.1, 0.15) is 5.78 Å². The molecule has 12 heavy (non-hydrogen) atoms. The lowest BCUT2D eigenvalue weighted by atomic mass is 9.79. The standard InChI is InChI=1S/C11H20O/c1-11(2,3)8-7-10(12)9-5-4-6-9/h9H,4-8H2,1-3H3. The second-order valence-electron chi connectivity index (χ2n) is 5.15. The summed E-state index contributed by atoms with van der Waals surface area (Å²) in [6.07, 6.45) is 5.42. The molecule has 0 heterocycles. The molecule has 1 heteroatoms. The largest absolute Gasteiger partial charge is 0.299 e. The van der Waals surface area contributed by atoms with E-state index in [1.807, 2.05) is 0 Å². The van der Waals surface area contributed by atoms with Crippen molar-refractivity contribution in [1.82, 2.24) is 0 Å². The zero-order valence-electron chi connectivity index (χ0n) is 8.52. The Hall–Kier alpha value is -0.330. The Balaban J connectivity index is 2.18.